The molecule has 0 radical (unpaired) electrons. The second-order valence-electron chi connectivity index (χ2n) is 5.36. The summed E-state index contributed by atoms with van der Waals surface area (Å²) in [6.45, 7) is 6.57. The Balaban J connectivity index is 2.23. The molecule has 18 heavy (non-hydrogen) atoms. The average Bonchev–Trinajstić information content (AvgIpc) is 2.28. The first-order chi connectivity index (χ1) is 8.43. The zero-order valence-corrected chi connectivity index (χ0v) is 12.5. The van der Waals surface area contributed by atoms with Crippen molar-refractivity contribution in [2.45, 2.75) is 44.4 Å². The minimum atomic E-state index is -0.572. The van der Waals surface area contributed by atoms with E-state index in [1.54, 1.807) is 6.92 Å². The van der Waals surface area contributed by atoms with E-state index < -0.39 is 6.04 Å². The highest BCUT2D eigenvalue weighted by Crippen LogP contribution is 2.43. The molecular weight excluding hydrogens is 270 g/mol. The highest BCUT2D eigenvalue weighted by atomic mass is 35.5. The summed E-state index contributed by atoms with van der Waals surface area (Å²) in [5.74, 6) is -0.320. The summed E-state index contributed by atoms with van der Waals surface area (Å²) in [7, 11) is 0. The highest BCUT2D eigenvalue weighted by Gasteiger charge is 2.37. The first-order valence-electron chi connectivity index (χ1n) is 6.17. The normalized spacial score (nSPS) is 30.0. The molecule has 0 bridgehead atoms. The molecule has 2 rings (SSSR count). The number of hydrogen-bond donors (Lipinski definition) is 0. The molecule has 2 atom stereocenters. The van der Waals surface area contributed by atoms with Crippen molar-refractivity contribution in [2.24, 2.45) is 10.4 Å². The highest BCUT2D eigenvalue weighted by molar-refractivity contribution is 8.05. The maximum atomic E-state index is 11.8. The van der Waals surface area contributed by atoms with Gasteiger partial charge in [0.1, 0.15) is 4.71 Å². The standard InChI is InChI=1S/C13H18ClNO2S/c1-4-17-12(16)10-11(14)18-9-5-6-13(2,3)7-8(9)15-10/h5,10-11H,4,6-7H2,1-3H3. The number of hydrogen-bond acceptors (Lipinski definition) is 4. The number of nitrogens with zero attached hydrogens (tertiary/aromatic N) is 1. The lowest BCUT2D eigenvalue weighted by atomic mass is 9.80. The van der Waals surface area contributed by atoms with Gasteiger partial charge in [0, 0.05) is 10.6 Å². The summed E-state index contributed by atoms with van der Waals surface area (Å²) in [4.78, 5) is 17.5. The smallest absolute Gasteiger partial charge is 0.333 e. The van der Waals surface area contributed by atoms with Crippen molar-refractivity contribution in [3.8, 4) is 0 Å². The van der Waals surface area contributed by atoms with Gasteiger partial charge in [-0.05, 0) is 25.2 Å². The van der Waals surface area contributed by atoms with E-state index in [0.717, 1.165) is 23.5 Å². The van der Waals surface area contributed by atoms with E-state index in [1.165, 1.54) is 11.8 Å². The van der Waals surface area contributed by atoms with Gasteiger partial charge in [-0.25, -0.2) is 4.79 Å². The van der Waals surface area contributed by atoms with Crippen molar-refractivity contribution in [3.63, 3.8) is 0 Å². The number of halogens is 1. The van der Waals surface area contributed by atoms with Crippen LogP contribution in [0.1, 0.15) is 33.6 Å². The summed E-state index contributed by atoms with van der Waals surface area (Å²) in [5, 5.41) is 0. The van der Waals surface area contributed by atoms with Crippen LogP contribution >= 0.6 is 23.4 Å². The molecule has 100 valence electrons. The Labute approximate surface area is 117 Å². The van der Waals surface area contributed by atoms with Gasteiger partial charge in [0.05, 0.1) is 6.61 Å². The number of allylic oxidation sites excluding steroid dienone is 2. The molecule has 1 heterocycles. The van der Waals surface area contributed by atoms with Gasteiger partial charge in [0.25, 0.3) is 0 Å². The van der Waals surface area contributed by atoms with E-state index in [2.05, 4.69) is 24.9 Å². The maximum absolute atomic E-state index is 11.8. The molecule has 0 fully saturated rings. The number of esters is 1. The van der Waals surface area contributed by atoms with E-state index in [1.807, 2.05) is 0 Å². The monoisotopic (exact) mass is 287 g/mol. The van der Waals surface area contributed by atoms with Gasteiger partial charge in [-0.2, -0.15) is 0 Å². The van der Waals surface area contributed by atoms with Crippen molar-refractivity contribution in [1.29, 1.82) is 0 Å². The Morgan fingerprint density at radius 1 is 1.67 bits per heavy atom. The summed E-state index contributed by atoms with van der Waals surface area (Å²) in [5.41, 5.74) is 1.22. The third-order valence-corrected chi connectivity index (χ3v) is 4.73. The minimum Gasteiger partial charge on any atom is -0.464 e. The number of aliphatic imine (C=N–C) groups is 1. The van der Waals surface area contributed by atoms with Crippen LogP contribution in [-0.2, 0) is 9.53 Å². The van der Waals surface area contributed by atoms with Crippen LogP contribution in [0, 0.1) is 5.41 Å². The van der Waals surface area contributed by atoms with Gasteiger partial charge in [-0.15, -0.1) is 23.4 Å². The molecule has 0 spiro atoms. The van der Waals surface area contributed by atoms with Gasteiger partial charge in [0.2, 0.25) is 0 Å². The summed E-state index contributed by atoms with van der Waals surface area (Å²) in [6, 6.07) is -0.572. The first kappa shape index (κ1) is 13.9. The molecule has 5 heteroatoms. The van der Waals surface area contributed by atoms with Gasteiger partial charge < -0.3 is 4.74 Å². The van der Waals surface area contributed by atoms with Gasteiger partial charge in [-0.3, -0.25) is 4.99 Å². The van der Waals surface area contributed by atoms with Gasteiger partial charge in [0.15, 0.2) is 6.04 Å². The van der Waals surface area contributed by atoms with Crippen LogP contribution in [0.2, 0.25) is 0 Å². The van der Waals surface area contributed by atoms with Crippen LogP contribution < -0.4 is 0 Å². The van der Waals surface area contributed by atoms with Crippen molar-refractivity contribution in [3.05, 3.63) is 11.0 Å². The summed E-state index contributed by atoms with van der Waals surface area (Å²) < 4.78 is 4.66. The first-order valence-corrected chi connectivity index (χ1v) is 7.49. The molecule has 1 aliphatic carbocycles. The topological polar surface area (TPSA) is 38.7 Å². The number of fused-ring (bicyclic) bond motifs is 1. The molecule has 2 unspecified atom stereocenters. The zero-order chi connectivity index (χ0) is 13.3. The molecule has 0 aromatic carbocycles. The molecule has 2 aliphatic rings. The third kappa shape index (κ3) is 2.91. The Morgan fingerprint density at radius 2 is 2.39 bits per heavy atom. The number of alkyl halides is 1. The van der Waals surface area contributed by atoms with Crippen molar-refractivity contribution >= 4 is 35.0 Å². The Kier molecular flexibility index (Phi) is 4.07. The van der Waals surface area contributed by atoms with Crippen LogP contribution in [0.4, 0.5) is 0 Å². The van der Waals surface area contributed by atoms with Crippen molar-refractivity contribution in [1.82, 2.24) is 0 Å². The largest absolute Gasteiger partial charge is 0.464 e. The van der Waals surface area contributed by atoms with Crippen LogP contribution in [0.3, 0.4) is 0 Å². The third-order valence-electron chi connectivity index (χ3n) is 3.08. The molecule has 0 saturated heterocycles. The van der Waals surface area contributed by atoms with Crippen LogP contribution in [-0.4, -0.2) is 29.0 Å². The minimum absolute atomic E-state index is 0.210. The summed E-state index contributed by atoms with van der Waals surface area (Å²) >= 11 is 7.75. The number of ether oxygens (including phenoxy) is 1. The Bertz CT molecular complexity index is 417. The fourth-order valence-corrected chi connectivity index (χ4v) is 3.56. The second kappa shape index (κ2) is 5.25. The molecule has 0 aromatic heterocycles. The summed E-state index contributed by atoms with van der Waals surface area (Å²) in [6.07, 6.45) is 4.11. The molecule has 1 aliphatic heterocycles. The van der Waals surface area contributed by atoms with E-state index in [9.17, 15) is 4.79 Å². The number of thioether (sulfide) groups is 1. The maximum Gasteiger partial charge on any atom is 0.333 e. The predicted octanol–water partition coefficient (Wildman–Crippen LogP) is 3.37. The lowest BCUT2D eigenvalue weighted by Gasteiger charge is -2.34. The molecule has 0 N–H and O–H groups in total. The van der Waals surface area contributed by atoms with E-state index in [0.29, 0.717) is 6.61 Å². The molecule has 3 nitrogen and oxygen atoms in total. The van der Waals surface area contributed by atoms with Crippen LogP contribution in [0.15, 0.2) is 16.0 Å². The number of rotatable bonds is 2. The SMILES string of the molecule is CCOC(=O)C1N=C2CC(C)(C)CC=C2SC1Cl. The molecule has 0 amide bonds. The Hall–Kier alpha value is -0.480. The quantitative estimate of drug-likeness (QED) is 0.577. The van der Waals surface area contributed by atoms with E-state index in [-0.39, 0.29) is 16.1 Å². The lowest BCUT2D eigenvalue weighted by Crippen LogP contribution is -2.36. The second-order valence-corrected chi connectivity index (χ2v) is 7.27. The van der Waals surface area contributed by atoms with E-state index in [4.69, 9.17) is 16.3 Å². The van der Waals surface area contributed by atoms with Crippen molar-refractivity contribution < 1.29 is 9.53 Å². The number of carbonyl (C=O) groups is 1. The Morgan fingerprint density at radius 3 is 3.06 bits per heavy atom. The van der Waals surface area contributed by atoms with Crippen molar-refractivity contribution in [2.75, 3.05) is 6.61 Å². The van der Waals surface area contributed by atoms with Crippen LogP contribution in [0.25, 0.3) is 0 Å². The molecule has 0 saturated carbocycles. The number of carbonyl (C=O) groups excluding carboxylic acids is 1. The fourth-order valence-electron chi connectivity index (χ4n) is 2.12. The average molecular weight is 288 g/mol. The van der Waals surface area contributed by atoms with Gasteiger partial charge >= 0.3 is 5.97 Å². The predicted molar refractivity (Wildman–Crippen MR) is 76.2 cm³/mol. The molecular formula is C13H18ClNO2S. The van der Waals surface area contributed by atoms with Gasteiger partial charge in [-0.1, -0.05) is 19.9 Å². The zero-order valence-electron chi connectivity index (χ0n) is 10.9. The van der Waals surface area contributed by atoms with E-state index >= 15 is 0 Å². The lowest BCUT2D eigenvalue weighted by molar-refractivity contribution is -0.144. The molecule has 0 aromatic rings. The fraction of sp³-hybridized carbons (Fsp3) is 0.692. The van der Waals surface area contributed by atoms with Crippen LogP contribution in [0.5, 0.6) is 0 Å².